The number of benzene rings is 1. The molecule has 0 heterocycles. The molecule has 0 radical (unpaired) electrons. The first-order valence-corrected chi connectivity index (χ1v) is 7.09. The molecule has 0 saturated carbocycles. The van der Waals surface area contributed by atoms with Crippen LogP contribution in [0.15, 0.2) is 28.7 Å². The van der Waals surface area contributed by atoms with Gasteiger partial charge in [0, 0.05) is 11.0 Å². The van der Waals surface area contributed by atoms with Gasteiger partial charge < -0.3 is 10.5 Å². The van der Waals surface area contributed by atoms with Crippen LogP contribution in [0.2, 0.25) is 0 Å². The van der Waals surface area contributed by atoms with Crippen LogP contribution in [0.5, 0.6) is 0 Å². The van der Waals surface area contributed by atoms with E-state index >= 15 is 0 Å². The van der Waals surface area contributed by atoms with Crippen LogP contribution in [0.25, 0.3) is 0 Å². The van der Waals surface area contributed by atoms with Crippen molar-refractivity contribution in [2.24, 2.45) is 5.73 Å². The fourth-order valence-corrected chi connectivity index (χ4v) is 2.05. The van der Waals surface area contributed by atoms with Crippen LogP contribution in [0.4, 0.5) is 10.5 Å². The molecular weight excluding hydrogens is 308 g/mol. The van der Waals surface area contributed by atoms with Crippen LogP contribution in [0.1, 0.15) is 27.2 Å². The highest BCUT2D eigenvalue weighted by atomic mass is 79.9. The fraction of sp³-hybridized carbons (Fsp3) is 0.500. The summed E-state index contributed by atoms with van der Waals surface area (Å²) in [4.78, 5) is 13.9. The monoisotopic (exact) mass is 328 g/mol. The maximum atomic E-state index is 12.3. The summed E-state index contributed by atoms with van der Waals surface area (Å²) in [6.07, 6.45) is 0.369. The normalized spacial score (nSPS) is 11.2. The van der Waals surface area contributed by atoms with Gasteiger partial charge in [-0.3, -0.25) is 4.90 Å². The van der Waals surface area contributed by atoms with Crippen molar-refractivity contribution >= 4 is 27.7 Å². The van der Waals surface area contributed by atoms with Crippen molar-refractivity contribution in [3.8, 4) is 0 Å². The van der Waals surface area contributed by atoms with E-state index in [4.69, 9.17) is 10.5 Å². The zero-order valence-corrected chi connectivity index (χ0v) is 13.2. The van der Waals surface area contributed by atoms with Gasteiger partial charge in [-0.25, -0.2) is 4.79 Å². The zero-order valence-electron chi connectivity index (χ0n) is 11.6. The second-order valence-corrected chi connectivity index (χ2v) is 6.08. The Morgan fingerprint density at radius 3 is 2.53 bits per heavy atom. The molecule has 0 fully saturated rings. The number of halogens is 1. The smallest absolute Gasteiger partial charge is 0.414 e. The van der Waals surface area contributed by atoms with Gasteiger partial charge in [-0.05, 0) is 61.8 Å². The minimum atomic E-state index is -0.515. The first-order chi connectivity index (χ1) is 8.85. The molecule has 1 aromatic carbocycles. The van der Waals surface area contributed by atoms with E-state index in [2.05, 4.69) is 15.9 Å². The summed E-state index contributed by atoms with van der Waals surface area (Å²) in [5.41, 5.74) is 5.81. The molecule has 0 unspecified atom stereocenters. The molecule has 19 heavy (non-hydrogen) atoms. The van der Waals surface area contributed by atoms with Crippen LogP contribution in [-0.4, -0.2) is 24.8 Å². The minimum Gasteiger partial charge on any atom is -0.443 e. The van der Waals surface area contributed by atoms with Gasteiger partial charge in [0.2, 0.25) is 0 Å². The summed E-state index contributed by atoms with van der Waals surface area (Å²) in [5.74, 6) is 0. The number of nitrogens with two attached hydrogens (primary N) is 1. The van der Waals surface area contributed by atoms with Crippen LogP contribution in [0, 0.1) is 0 Å². The molecule has 0 saturated heterocycles. The summed E-state index contributed by atoms with van der Waals surface area (Å²) in [5, 5.41) is 0. The lowest BCUT2D eigenvalue weighted by Gasteiger charge is -2.28. The molecule has 0 spiro atoms. The number of amides is 1. The van der Waals surface area contributed by atoms with Crippen molar-refractivity contribution in [1.82, 2.24) is 0 Å². The number of ether oxygens (including phenoxy) is 1. The van der Waals surface area contributed by atoms with Crippen molar-refractivity contribution in [3.63, 3.8) is 0 Å². The number of carbonyl (C=O) groups is 1. The maximum absolute atomic E-state index is 12.3. The average Bonchev–Trinajstić information content (AvgIpc) is 2.29. The molecule has 0 aliphatic heterocycles. The van der Waals surface area contributed by atoms with E-state index in [0.29, 0.717) is 13.1 Å². The Morgan fingerprint density at radius 1 is 1.37 bits per heavy atom. The van der Waals surface area contributed by atoms with Crippen molar-refractivity contribution in [3.05, 3.63) is 28.7 Å². The molecule has 2 N–H and O–H groups in total. The van der Waals surface area contributed by atoms with E-state index in [-0.39, 0.29) is 6.09 Å². The van der Waals surface area contributed by atoms with E-state index in [1.807, 2.05) is 45.0 Å². The molecule has 1 rings (SSSR count). The number of rotatable bonds is 4. The van der Waals surface area contributed by atoms with E-state index in [0.717, 1.165) is 16.6 Å². The molecule has 5 heteroatoms. The Balaban J connectivity index is 2.95. The van der Waals surface area contributed by atoms with E-state index < -0.39 is 5.60 Å². The van der Waals surface area contributed by atoms with Gasteiger partial charge in [-0.2, -0.15) is 0 Å². The summed E-state index contributed by atoms with van der Waals surface area (Å²) in [6, 6.07) is 7.57. The third kappa shape index (κ3) is 5.20. The van der Waals surface area contributed by atoms with E-state index in [9.17, 15) is 4.79 Å². The Bertz CT molecular complexity index is 430. The van der Waals surface area contributed by atoms with Gasteiger partial charge in [0.1, 0.15) is 5.60 Å². The molecule has 1 aromatic rings. The molecule has 0 aliphatic carbocycles. The predicted molar refractivity (Wildman–Crippen MR) is 81.4 cm³/mol. The van der Waals surface area contributed by atoms with Crippen LogP contribution < -0.4 is 10.6 Å². The van der Waals surface area contributed by atoms with Gasteiger partial charge in [-0.1, -0.05) is 12.1 Å². The number of hydrogen-bond acceptors (Lipinski definition) is 3. The Kier molecular flexibility index (Phi) is 5.82. The first kappa shape index (κ1) is 16.0. The van der Waals surface area contributed by atoms with Gasteiger partial charge in [0.15, 0.2) is 0 Å². The molecule has 0 aromatic heterocycles. The van der Waals surface area contributed by atoms with Gasteiger partial charge in [0.25, 0.3) is 0 Å². The van der Waals surface area contributed by atoms with Crippen LogP contribution in [0.3, 0.4) is 0 Å². The van der Waals surface area contributed by atoms with Gasteiger partial charge in [-0.15, -0.1) is 0 Å². The fourth-order valence-electron chi connectivity index (χ4n) is 1.55. The maximum Gasteiger partial charge on any atom is 0.414 e. The van der Waals surface area contributed by atoms with Crippen molar-refractivity contribution in [2.75, 3.05) is 18.0 Å². The molecular formula is C14H21BrN2O2. The molecule has 0 aliphatic rings. The second-order valence-electron chi connectivity index (χ2n) is 5.23. The Labute approximate surface area is 123 Å². The topological polar surface area (TPSA) is 55.6 Å². The number of para-hydroxylation sites is 1. The molecule has 1 amide bonds. The molecule has 4 nitrogen and oxygen atoms in total. The highest BCUT2D eigenvalue weighted by Gasteiger charge is 2.24. The zero-order chi connectivity index (χ0) is 14.5. The van der Waals surface area contributed by atoms with Crippen LogP contribution in [-0.2, 0) is 4.74 Å². The van der Waals surface area contributed by atoms with E-state index in [1.54, 1.807) is 4.90 Å². The number of nitrogens with zero attached hydrogens (tertiary/aromatic N) is 1. The number of anilines is 1. The molecule has 0 atom stereocenters. The van der Waals surface area contributed by atoms with Crippen molar-refractivity contribution < 1.29 is 9.53 Å². The Morgan fingerprint density at radius 2 is 2.00 bits per heavy atom. The standard InChI is InChI=1S/C14H21BrN2O2/c1-14(2,3)19-13(18)17(10-6-9-16)12-8-5-4-7-11(12)15/h4-5,7-8H,6,9-10,16H2,1-3H3. The lowest BCUT2D eigenvalue weighted by atomic mass is 10.2. The number of carbonyl (C=O) groups excluding carboxylic acids is 1. The average molecular weight is 329 g/mol. The lowest BCUT2D eigenvalue weighted by Crippen LogP contribution is -2.38. The quantitative estimate of drug-likeness (QED) is 0.919. The largest absolute Gasteiger partial charge is 0.443 e. The first-order valence-electron chi connectivity index (χ1n) is 6.30. The van der Waals surface area contributed by atoms with Crippen LogP contribution >= 0.6 is 15.9 Å². The lowest BCUT2D eigenvalue weighted by molar-refractivity contribution is 0.0580. The third-order valence-corrected chi connectivity index (χ3v) is 3.01. The summed E-state index contributed by atoms with van der Waals surface area (Å²) in [6.45, 7) is 6.63. The van der Waals surface area contributed by atoms with Crippen molar-refractivity contribution in [1.29, 1.82) is 0 Å². The third-order valence-electron chi connectivity index (χ3n) is 2.34. The highest BCUT2D eigenvalue weighted by Crippen LogP contribution is 2.27. The predicted octanol–water partition coefficient (Wildman–Crippen LogP) is 3.54. The van der Waals surface area contributed by atoms with Gasteiger partial charge in [0.05, 0.1) is 5.69 Å². The Hall–Kier alpha value is -1.07. The summed E-state index contributed by atoms with van der Waals surface area (Å²) < 4.78 is 6.29. The molecule has 106 valence electrons. The van der Waals surface area contributed by atoms with Gasteiger partial charge >= 0.3 is 6.09 Å². The van der Waals surface area contributed by atoms with E-state index in [1.165, 1.54) is 0 Å². The number of hydrogen-bond donors (Lipinski definition) is 1. The minimum absolute atomic E-state index is 0.354. The molecule has 0 bridgehead atoms. The SMILES string of the molecule is CC(C)(C)OC(=O)N(CCCN)c1ccccc1Br. The van der Waals surface area contributed by atoms with Crippen molar-refractivity contribution in [2.45, 2.75) is 32.8 Å². The summed E-state index contributed by atoms with van der Waals surface area (Å²) >= 11 is 3.46. The highest BCUT2D eigenvalue weighted by molar-refractivity contribution is 9.10. The summed E-state index contributed by atoms with van der Waals surface area (Å²) in [7, 11) is 0. The second kappa shape index (κ2) is 6.91.